The molecular weight excluding hydrogens is 416 g/mol. The zero-order valence-electron chi connectivity index (χ0n) is 16.3. The molecule has 1 amide bonds. The first kappa shape index (κ1) is 20.2. The van der Waals surface area contributed by atoms with Crippen LogP contribution < -0.4 is 5.32 Å². The Hall–Kier alpha value is -4.05. The molecule has 154 valence electrons. The van der Waals surface area contributed by atoms with E-state index in [1.54, 1.807) is 19.2 Å². The quantitative estimate of drug-likeness (QED) is 0.359. The van der Waals surface area contributed by atoms with Crippen LogP contribution in [0.15, 0.2) is 82.8 Å². The Labute approximate surface area is 181 Å². The van der Waals surface area contributed by atoms with Gasteiger partial charge in [-0.3, -0.25) is 14.9 Å². The van der Waals surface area contributed by atoms with E-state index in [2.05, 4.69) is 20.8 Å². The Bertz CT molecular complexity index is 1240. The lowest BCUT2D eigenvalue weighted by atomic mass is 10.1. The van der Waals surface area contributed by atoms with Crippen molar-refractivity contribution in [3.8, 4) is 11.1 Å². The van der Waals surface area contributed by atoms with Crippen molar-refractivity contribution in [2.24, 2.45) is 7.05 Å². The molecule has 0 unspecified atom stereocenters. The summed E-state index contributed by atoms with van der Waals surface area (Å²) in [6.45, 7) is 0. The first-order chi connectivity index (χ1) is 15.0. The molecule has 4 rings (SSSR count). The lowest BCUT2D eigenvalue weighted by Crippen LogP contribution is -2.13. The molecule has 4 aromatic rings. The minimum atomic E-state index is -0.538. The molecule has 0 saturated heterocycles. The van der Waals surface area contributed by atoms with E-state index in [1.165, 1.54) is 22.9 Å². The molecule has 1 heterocycles. The van der Waals surface area contributed by atoms with Crippen LogP contribution in [-0.4, -0.2) is 31.0 Å². The van der Waals surface area contributed by atoms with Gasteiger partial charge in [-0.15, -0.1) is 5.10 Å². The molecule has 3 aromatic carbocycles. The van der Waals surface area contributed by atoms with E-state index < -0.39 is 10.8 Å². The number of aromatic nitrogens is 4. The fourth-order valence-corrected chi connectivity index (χ4v) is 3.72. The summed E-state index contributed by atoms with van der Waals surface area (Å²) >= 11 is 1.15. The van der Waals surface area contributed by atoms with Crippen molar-refractivity contribution in [1.82, 2.24) is 20.2 Å². The molecule has 0 aliphatic carbocycles. The molecule has 0 aliphatic heterocycles. The van der Waals surface area contributed by atoms with Crippen LogP contribution in [0.3, 0.4) is 0 Å². The lowest BCUT2D eigenvalue weighted by molar-refractivity contribution is -0.384. The van der Waals surface area contributed by atoms with E-state index in [1.807, 2.05) is 42.5 Å². The van der Waals surface area contributed by atoms with Gasteiger partial charge in [-0.2, -0.15) is 0 Å². The third kappa shape index (κ3) is 4.59. The van der Waals surface area contributed by atoms with Crippen LogP contribution in [0.25, 0.3) is 11.1 Å². The number of benzene rings is 3. The van der Waals surface area contributed by atoms with E-state index in [0.717, 1.165) is 22.9 Å². The molecule has 0 radical (unpaired) electrons. The van der Waals surface area contributed by atoms with Crippen molar-refractivity contribution in [2.45, 2.75) is 10.1 Å². The highest BCUT2D eigenvalue weighted by Gasteiger charge is 2.19. The number of hydrogen-bond acceptors (Lipinski definition) is 7. The summed E-state index contributed by atoms with van der Waals surface area (Å²) in [4.78, 5) is 24.2. The van der Waals surface area contributed by atoms with Crippen LogP contribution in [0.1, 0.15) is 10.4 Å². The molecular formula is C21H16N6O3S. The Morgan fingerprint density at radius 3 is 2.39 bits per heavy atom. The number of carbonyl (C=O) groups is 1. The second-order valence-corrected chi connectivity index (χ2v) is 7.53. The van der Waals surface area contributed by atoms with Crippen molar-refractivity contribution < 1.29 is 9.72 Å². The highest BCUT2D eigenvalue weighted by molar-refractivity contribution is 7.99. The maximum Gasteiger partial charge on any atom is 0.270 e. The lowest BCUT2D eigenvalue weighted by Gasteiger charge is -2.10. The van der Waals surface area contributed by atoms with E-state index >= 15 is 0 Å². The van der Waals surface area contributed by atoms with Gasteiger partial charge < -0.3 is 5.32 Å². The zero-order valence-corrected chi connectivity index (χ0v) is 17.1. The zero-order chi connectivity index (χ0) is 21.8. The van der Waals surface area contributed by atoms with Crippen molar-refractivity contribution in [2.75, 3.05) is 5.32 Å². The third-order valence-corrected chi connectivity index (χ3v) is 5.56. The summed E-state index contributed by atoms with van der Waals surface area (Å²) in [6.07, 6.45) is 0. The van der Waals surface area contributed by atoms with Crippen molar-refractivity contribution >= 4 is 29.0 Å². The van der Waals surface area contributed by atoms with E-state index in [4.69, 9.17) is 0 Å². The molecule has 1 aromatic heterocycles. The molecule has 1 N–H and O–H groups in total. The van der Waals surface area contributed by atoms with Gasteiger partial charge in [0.15, 0.2) is 0 Å². The third-order valence-electron chi connectivity index (χ3n) is 4.45. The second kappa shape index (κ2) is 8.76. The average Bonchev–Trinajstić information content (AvgIpc) is 3.19. The summed E-state index contributed by atoms with van der Waals surface area (Å²) < 4.78 is 1.45. The maximum atomic E-state index is 13.0. The van der Waals surface area contributed by atoms with Crippen molar-refractivity contribution in [1.29, 1.82) is 0 Å². The van der Waals surface area contributed by atoms with Gasteiger partial charge in [0.05, 0.1) is 10.5 Å². The number of non-ortho nitro benzene ring substituents is 1. The van der Waals surface area contributed by atoms with Gasteiger partial charge in [-0.05, 0) is 51.5 Å². The number of nitrogens with zero attached hydrogens (tertiary/aromatic N) is 5. The molecule has 0 atom stereocenters. The standard InChI is InChI=1S/C21H16N6O3S/c1-26-21(23-24-25-26)31-19-12-11-17(27(29)30)13-18(19)20(28)22-16-9-7-15(8-10-16)14-5-3-2-4-6-14/h2-13H,1H3,(H,22,28). The summed E-state index contributed by atoms with van der Waals surface area (Å²) in [5, 5.41) is 25.7. The number of amides is 1. The normalized spacial score (nSPS) is 10.6. The van der Waals surface area contributed by atoms with Crippen LogP contribution in [0.2, 0.25) is 0 Å². The van der Waals surface area contributed by atoms with Gasteiger partial charge in [0.1, 0.15) is 0 Å². The summed E-state index contributed by atoms with van der Waals surface area (Å²) in [5.74, 6) is -0.464. The van der Waals surface area contributed by atoms with Gasteiger partial charge in [0.25, 0.3) is 11.6 Å². The van der Waals surface area contributed by atoms with Crippen molar-refractivity contribution in [3.63, 3.8) is 0 Å². The van der Waals surface area contributed by atoms with Crippen LogP contribution in [0, 0.1) is 10.1 Å². The van der Waals surface area contributed by atoms with Gasteiger partial charge >= 0.3 is 0 Å². The number of nitrogens with one attached hydrogen (secondary N) is 1. The molecule has 10 heteroatoms. The predicted octanol–water partition coefficient (Wildman–Crippen LogP) is 4.19. The number of nitro benzene ring substituents is 1. The first-order valence-electron chi connectivity index (χ1n) is 9.17. The Morgan fingerprint density at radius 1 is 1.03 bits per heavy atom. The molecule has 0 fully saturated rings. The topological polar surface area (TPSA) is 116 Å². The van der Waals surface area contributed by atoms with E-state index in [0.29, 0.717) is 15.7 Å². The number of carbonyl (C=O) groups excluding carboxylic acids is 1. The smallest absolute Gasteiger partial charge is 0.270 e. The van der Waals surface area contributed by atoms with Crippen LogP contribution >= 0.6 is 11.8 Å². The number of anilines is 1. The molecule has 9 nitrogen and oxygen atoms in total. The minimum absolute atomic E-state index is 0.161. The molecule has 0 bridgehead atoms. The number of tetrazole rings is 1. The van der Waals surface area contributed by atoms with Gasteiger partial charge in [-0.25, -0.2) is 4.68 Å². The SMILES string of the molecule is Cn1nnnc1Sc1ccc([N+](=O)[O-])cc1C(=O)Nc1ccc(-c2ccccc2)cc1. The fourth-order valence-electron chi connectivity index (χ4n) is 2.88. The van der Waals surface area contributed by atoms with Gasteiger partial charge in [0.2, 0.25) is 5.16 Å². The van der Waals surface area contributed by atoms with Crippen LogP contribution in [0.5, 0.6) is 0 Å². The monoisotopic (exact) mass is 432 g/mol. The number of aryl methyl sites for hydroxylation is 1. The molecule has 0 aliphatic rings. The average molecular weight is 432 g/mol. The molecule has 0 saturated carbocycles. The van der Waals surface area contributed by atoms with Gasteiger partial charge in [0, 0.05) is 29.8 Å². The van der Waals surface area contributed by atoms with E-state index in [-0.39, 0.29) is 11.3 Å². The first-order valence-corrected chi connectivity index (χ1v) is 9.98. The highest BCUT2D eigenvalue weighted by Crippen LogP contribution is 2.31. The number of nitro groups is 1. The van der Waals surface area contributed by atoms with Gasteiger partial charge in [-0.1, -0.05) is 42.5 Å². The fraction of sp³-hybridized carbons (Fsp3) is 0.0476. The Morgan fingerprint density at radius 2 is 1.74 bits per heavy atom. The number of rotatable bonds is 6. The predicted molar refractivity (Wildman–Crippen MR) is 116 cm³/mol. The van der Waals surface area contributed by atoms with Crippen molar-refractivity contribution in [3.05, 3.63) is 88.5 Å². The Balaban J connectivity index is 1.60. The summed E-state index contributed by atoms with van der Waals surface area (Å²) in [5.41, 5.74) is 2.64. The second-order valence-electron chi connectivity index (χ2n) is 6.52. The van der Waals surface area contributed by atoms with Crippen LogP contribution in [0.4, 0.5) is 11.4 Å². The number of hydrogen-bond donors (Lipinski definition) is 1. The highest BCUT2D eigenvalue weighted by atomic mass is 32.2. The summed E-state index contributed by atoms with van der Waals surface area (Å²) in [6, 6.07) is 21.4. The molecule has 31 heavy (non-hydrogen) atoms. The molecule has 0 spiro atoms. The Kier molecular flexibility index (Phi) is 5.72. The summed E-state index contributed by atoms with van der Waals surface area (Å²) in [7, 11) is 1.67. The minimum Gasteiger partial charge on any atom is -0.322 e. The maximum absolute atomic E-state index is 13.0. The van der Waals surface area contributed by atoms with Crippen LogP contribution in [-0.2, 0) is 7.05 Å². The van der Waals surface area contributed by atoms with E-state index in [9.17, 15) is 14.9 Å². The largest absolute Gasteiger partial charge is 0.322 e.